The highest BCUT2D eigenvalue weighted by Crippen LogP contribution is 2.53. The van der Waals surface area contributed by atoms with E-state index >= 15 is 0 Å². The molecule has 4 fully saturated rings. The van der Waals surface area contributed by atoms with Gasteiger partial charge in [-0.25, -0.2) is 4.79 Å². The Morgan fingerprint density at radius 1 is 1.28 bits per heavy atom. The lowest BCUT2D eigenvalue weighted by Gasteiger charge is -2.54. The Labute approximate surface area is 176 Å². The zero-order valence-corrected chi connectivity index (χ0v) is 18.1. The Hall–Kier alpha value is -0.860. The van der Waals surface area contributed by atoms with Crippen LogP contribution in [0.1, 0.15) is 52.4 Å². The quantitative estimate of drug-likeness (QED) is 0.381. The van der Waals surface area contributed by atoms with Crippen LogP contribution >= 0.6 is 11.6 Å². The fraction of sp³-hybridized carbons (Fsp3) is 0.857. The molecular formula is C21H31ClO7. The van der Waals surface area contributed by atoms with Gasteiger partial charge in [0.05, 0.1) is 17.6 Å². The summed E-state index contributed by atoms with van der Waals surface area (Å²) in [4.78, 5) is 12.0. The molecule has 0 aliphatic carbocycles. The summed E-state index contributed by atoms with van der Waals surface area (Å²) in [5, 5.41) is -0.225. The predicted octanol–water partition coefficient (Wildman–Crippen LogP) is 3.92. The molecule has 164 valence electrons. The third-order valence-corrected chi connectivity index (χ3v) is 7.40. The molecule has 0 radical (unpaired) electrons. The maximum absolute atomic E-state index is 12.0. The fourth-order valence-corrected chi connectivity index (χ4v) is 5.53. The fourth-order valence-electron chi connectivity index (χ4n) is 5.11. The molecule has 0 aromatic heterocycles. The van der Waals surface area contributed by atoms with Gasteiger partial charge in [-0.15, -0.1) is 11.6 Å². The number of halogens is 1. The topological polar surface area (TPSA) is 72.5 Å². The van der Waals surface area contributed by atoms with Gasteiger partial charge in [0.25, 0.3) is 0 Å². The van der Waals surface area contributed by atoms with Crippen LogP contribution in [0.5, 0.6) is 0 Å². The van der Waals surface area contributed by atoms with Crippen molar-refractivity contribution >= 4 is 17.8 Å². The molecular weight excluding hydrogens is 400 g/mol. The lowest BCUT2D eigenvalue weighted by atomic mass is 9.83. The van der Waals surface area contributed by atoms with Crippen LogP contribution < -0.4 is 0 Å². The minimum atomic E-state index is -0.882. The highest BCUT2D eigenvalue weighted by molar-refractivity contribution is 6.21. The first kappa shape index (κ1) is 21.4. The van der Waals surface area contributed by atoms with Gasteiger partial charge in [0, 0.05) is 38.7 Å². The van der Waals surface area contributed by atoms with Gasteiger partial charge in [0.15, 0.2) is 11.6 Å². The molecule has 29 heavy (non-hydrogen) atoms. The van der Waals surface area contributed by atoms with Gasteiger partial charge in [-0.1, -0.05) is 26.5 Å². The molecule has 0 saturated carbocycles. The Kier molecular flexibility index (Phi) is 5.90. The molecule has 4 aliphatic rings. The van der Waals surface area contributed by atoms with Crippen LogP contribution in [-0.4, -0.2) is 60.7 Å². The average molecular weight is 431 g/mol. The maximum Gasteiger partial charge on any atom is 0.509 e. The van der Waals surface area contributed by atoms with Crippen molar-refractivity contribution in [3.8, 4) is 0 Å². The lowest BCUT2D eigenvalue weighted by Crippen LogP contribution is -2.61. The highest BCUT2D eigenvalue weighted by atomic mass is 35.5. The van der Waals surface area contributed by atoms with E-state index in [9.17, 15) is 4.79 Å². The highest BCUT2D eigenvalue weighted by Gasteiger charge is 2.61. The SMILES string of the molecule is C=CC1C[C@@H]2O[C@]3(C[C@@H]2OC(=O)O1)O[C@]1(CC[C@@H]3C)C[C@@H](OC)[C@H](Cl)[C@@H](CC)O1. The maximum atomic E-state index is 12.0. The van der Waals surface area contributed by atoms with Crippen molar-refractivity contribution in [2.24, 2.45) is 5.92 Å². The summed E-state index contributed by atoms with van der Waals surface area (Å²) < 4.78 is 36.0. The molecule has 4 aliphatic heterocycles. The van der Waals surface area contributed by atoms with Crippen molar-refractivity contribution in [1.29, 1.82) is 0 Å². The van der Waals surface area contributed by atoms with Crippen LogP contribution in [-0.2, 0) is 28.4 Å². The molecule has 4 rings (SSSR count). The van der Waals surface area contributed by atoms with Crippen molar-refractivity contribution in [1.82, 2.24) is 0 Å². The predicted molar refractivity (Wildman–Crippen MR) is 105 cm³/mol. The largest absolute Gasteiger partial charge is 0.509 e. The van der Waals surface area contributed by atoms with E-state index in [1.165, 1.54) is 0 Å². The van der Waals surface area contributed by atoms with Gasteiger partial charge in [0.1, 0.15) is 18.3 Å². The minimum Gasteiger partial charge on any atom is -0.428 e. The number of methoxy groups -OCH3 is 1. The number of fused-ring (bicyclic) bond motifs is 1. The van der Waals surface area contributed by atoms with Crippen LogP contribution in [0.25, 0.3) is 0 Å². The number of alkyl halides is 1. The van der Waals surface area contributed by atoms with Gasteiger partial charge in [-0.3, -0.25) is 0 Å². The van der Waals surface area contributed by atoms with Gasteiger partial charge in [-0.2, -0.15) is 0 Å². The average Bonchev–Trinajstić information content (AvgIpc) is 2.95. The Morgan fingerprint density at radius 3 is 2.76 bits per heavy atom. The summed E-state index contributed by atoms with van der Waals surface area (Å²) in [5.74, 6) is -1.58. The summed E-state index contributed by atoms with van der Waals surface area (Å²) in [7, 11) is 1.67. The Bertz CT molecular complexity index is 629. The van der Waals surface area contributed by atoms with E-state index in [2.05, 4.69) is 13.5 Å². The zero-order chi connectivity index (χ0) is 20.8. The number of hydrogen-bond donors (Lipinski definition) is 0. The zero-order valence-electron chi connectivity index (χ0n) is 17.3. The lowest BCUT2D eigenvalue weighted by molar-refractivity contribution is -0.413. The summed E-state index contributed by atoms with van der Waals surface area (Å²) in [6.07, 6.45) is 3.27. The molecule has 0 bridgehead atoms. The molecule has 9 atom stereocenters. The van der Waals surface area contributed by atoms with Gasteiger partial charge >= 0.3 is 6.16 Å². The summed E-state index contributed by atoms with van der Waals surface area (Å²) in [6.45, 7) is 7.90. The summed E-state index contributed by atoms with van der Waals surface area (Å²) >= 11 is 6.58. The van der Waals surface area contributed by atoms with E-state index in [-0.39, 0.29) is 29.6 Å². The molecule has 8 heteroatoms. The first-order chi connectivity index (χ1) is 13.8. The third kappa shape index (κ3) is 3.81. The Balaban J connectivity index is 1.58. The molecule has 0 aromatic rings. The van der Waals surface area contributed by atoms with Crippen LogP contribution in [0.2, 0.25) is 0 Å². The number of carbonyl (C=O) groups excluding carboxylic acids is 1. The van der Waals surface area contributed by atoms with Crippen molar-refractivity contribution in [3.05, 3.63) is 12.7 Å². The number of ether oxygens (including phenoxy) is 6. The second-order valence-electron chi connectivity index (χ2n) is 8.65. The van der Waals surface area contributed by atoms with Crippen LogP contribution in [0, 0.1) is 5.92 Å². The van der Waals surface area contributed by atoms with Gasteiger partial charge in [0.2, 0.25) is 0 Å². The number of rotatable bonds is 3. The van der Waals surface area contributed by atoms with E-state index in [0.717, 1.165) is 19.3 Å². The summed E-state index contributed by atoms with van der Waals surface area (Å²) in [5.41, 5.74) is 0. The van der Waals surface area contributed by atoms with Crippen LogP contribution in [0.15, 0.2) is 12.7 Å². The van der Waals surface area contributed by atoms with Crippen molar-refractivity contribution in [2.75, 3.05) is 7.11 Å². The normalized spacial score (nSPS) is 49.9. The van der Waals surface area contributed by atoms with E-state index in [1.54, 1.807) is 13.2 Å². The molecule has 4 saturated heterocycles. The summed E-state index contributed by atoms with van der Waals surface area (Å²) in [6, 6.07) is 0. The molecule has 2 spiro atoms. The van der Waals surface area contributed by atoms with E-state index < -0.39 is 29.9 Å². The number of carbonyl (C=O) groups is 1. The van der Waals surface area contributed by atoms with Gasteiger partial charge in [-0.05, 0) is 12.8 Å². The molecule has 0 N–H and O–H groups in total. The van der Waals surface area contributed by atoms with Gasteiger partial charge < -0.3 is 28.4 Å². The number of hydrogen-bond acceptors (Lipinski definition) is 7. The molecule has 7 nitrogen and oxygen atoms in total. The van der Waals surface area contributed by atoms with Crippen molar-refractivity contribution in [2.45, 2.75) is 99.8 Å². The van der Waals surface area contributed by atoms with E-state index in [0.29, 0.717) is 19.3 Å². The van der Waals surface area contributed by atoms with Crippen LogP contribution in [0.4, 0.5) is 4.79 Å². The van der Waals surface area contributed by atoms with Crippen molar-refractivity contribution in [3.63, 3.8) is 0 Å². The van der Waals surface area contributed by atoms with Crippen LogP contribution in [0.3, 0.4) is 0 Å². The molecule has 4 heterocycles. The molecule has 0 amide bonds. The second kappa shape index (κ2) is 8.00. The first-order valence-corrected chi connectivity index (χ1v) is 11.0. The number of cyclic esters (lactones) is 1. The third-order valence-electron chi connectivity index (χ3n) is 6.84. The monoisotopic (exact) mass is 430 g/mol. The second-order valence-corrected chi connectivity index (χ2v) is 9.15. The minimum absolute atomic E-state index is 0.125. The van der Waals surface area contributed by atoms with Crippen molar-refractivity contribution < 1.29 is 33.2 Å². The Morgan fingerprint density at radius 2 is 2.07 bits per heavy atom. The van der Waals surface area contributed by atoms with E-state index in [4.69, 9.17) is 40.0 Å². The first-order valence-electron chi connectivity index (χ1n) is 10.6. The molecule has 1 unspecified atom stereocenters. The smallest absolute Gasteiger partial charge is 0.428 e. The molecule has 0 aromatic carbocycles. The van der Waals surface area contributed by atoms with E-state index in [1.807, 2.05) is 6.92 Å². The standard InChI is InChI=1S/C21H31ClO7/c1-5-13-9-15-16(26-19(23)25-13)11-21(28-15)12(3)7-8-20(29-21)10-17(24-4)18(22)14(6-2)27-20/h5,12-18H,1,6-11H2,2-4H3/t12-,13?,14+,15-,16-,17+,18+,20+,21+/m0/s1.